The Bertz CT molecular complexity index is 332. The highest BCUT2D eigenvalue weighted by Gasteiger charge is 2.33. The molecule has 0 aromatic carbocycles. The Morgan fingerprint density at radius 3 is 2.53 bits per heavy atom. The third-order valence-electron chi connectivity index (χ3n) is 1.82. The van der Waals surface area contributed by atoms with Gasteiger partial charge in [-0.2, -0.15) is 18.3 Å². The third kappa shape index (κ3) is 3.21. The van der Waals surface area contributed by atoms with Crippen molar-refractivity contribution in [2.45, 2.75) is 25.2 Å². The van der Waals surface area contributed by atoms with Crippen LogP contribution in [0.15, 0.2) is 12.3 Å². The SMILES string of the molecule is CC(N)(CO)Cn1ccc(C(F)(F)F)n1. The normalized spacial score (nSPS) is 16.4. The Kier molecular flexibility index (Phi) is 3.05. The summed E-state index contributed by atoms with van der Waals surface area (Å²) in [4.78, 5) is 0. The van der Waals surface area contributed by atoms with Gasteiger partial charge in [-0.3, -0.25) is 4.68 Å². The van der Waals surface area contributed by atoms with Gasteiger partial charge in [0.2, 0.25) is 0 Å². The molecule has 0 saturated carbocycles. The lowest BCUT2D eigenvalue weighted by atomic mass is 10.1. The van der Waals surface area contributed by atoms with E-state index in [1.807, 2.05) is 0 Å². The Hall–Kier alpha value is -1.08. The number of rotatable bonds is 3. The van der Waals surface area contributed by atoms with E-state index in [1.54, 1.807) is 0 Å². The number of nitrogens with zero attached hydrogens (tertiary/aromatic N) is 2. The van der Waals surface area contributed by atoms with Crippen molar-refractivity contribution < 1.29 is 18.3 Å². The molecule has 1 heterocycles. The second kappa shape index (κ2) is 3.82. The van der Waals surface area contributed by atoms with Crippen LogP contribution in [0, 0.1) is 0 Å². The molecule has 0 saturated heterocycles. The summed E-state index contributed by atoms with van der Waals surface area (Å²) in [6.07, 6.45) is -3.26. The summed E-state index contributed by atoms with van der Waals surface area (Å²) in [5.41, 5.74) is 3.64. The van der Waals surface area contributed by atoms with E-state index in [2.05, 4.69) is 5.10 Å². The summed E-state index contributed by atoms with van der Waals surface area (Å²) < 4.78 is 37.5. The van der Waals surface area contributed by atoms with E-state index in [1.165, 1.54) is 13.1 Å². The molecule has 0 spiro atoms. The zero-order chi connectivity index (χ0) is 11.7. The van der Waals surface area contributed by atoms with E-state index >= 15 is 0 Å². The van der Waals surface area contributed by atoms with Crippen LogP contribution in [0.4, 0.5) is 13.2 Å². The average Bonchev–Trinajstić information content (AvgIpc) is 2.51. The van der Waals surface area contributed by atoms with E-state index in [-0.39, 0.29) is 13.2 Å². The summed E-state index contributed by atoms with van der Waals surface area (Å²) in [5, 5.41) is 12.1. The molecule has 0 fully saturated rings. The summed E-state index contributed by atoms with van der Waals surface area (Å²) in [6.45, 7) is 1.23. The molecular formula is C8H12F3N3O. The van der Waals surface area contributed by atoms with Crippen LogP contribution < -0.4 is 5.73 Å². The standard InChI is InChI=1S/C8H12F3N3O/c1-7(12,5-15)4-14-3-2-6(13-14)8(9,10)11/h2-3,15H,4-5,12H2,1H3. The molecule has 0 bridgehead atoms. The lowest BCUT2D eigenvalue weighted by Crippen LogP contribution is -2.44. The van der Waals surface area contributed by atoms with Crippen molar-refractivity contribution in [2.75, 3.05) is 6.61 Å². The van der Waals surface area contributed by atoms with Crippen molar-refractivity contribution in [1.82, 2.24) is 9.78 Å². The minimum atomic E-state index is -4.45. The summed E-state index contributed by atoms with van der Waals surface area (Å²) in [7, 11) is 0. The number of aliphatic hydroxyl groups excluding tert-OH is 1. The first-order chi connectivity index (χ1) is 6.74. The van der Waals surface area contributed by atoms with Gasteiger partial charge in [-0.25, -0.2) is 0 Å². The highest BCUT2D eigenvalue weighted by molar-refractivity contribution is 5.03. The van der Waals surface area contributed by atoms with Gasteiger partial charge in [-0.15, -0.1) is 0 Å². The number of aliphatic hydroxyl groups is 1. The molecule has 7 heteroatoms. The molecule has 0 aliphatic heterocycles. The molecule has 1 aromatic rings. The number of hydrogen-bond donors (Lipinski definition) is 2. The van der Waals surface area contributed by atoms with Crippen LogP contribution in [0.3, 0.4) is 0 Å². The van der Waals surface area contributed by atoms with Crippen LogP contribution in [-0.2, 0) is 12.7 Å². The fraction of sp³-hybridized carbons (Fsp3) is 0.625. The zero-order valence-corrected chi connectivity index (χ0v) is 8.12. The van der Waals surface area contributed by atoms with Crippen molar-refractivity contribution in [3.63, 3.8) is 0 Å². The van der Waals surface area contributed by atoms with Crippen molar-refractivity contribution in [3.8, 4) is 0 Å². The minimum Gasteiger partial charge on any atom is -0.394 e. The van der Waals surface area contributed by atoms with Gasteiger partial charge in [-0.1, -0.05) is 0 Å². The lowest BCUT2D eigenvalue weighted by molar-refractivity contribution is -0.141. The van der Waals surface area contributed by atoms with E-state index < -0.39 is 17.4 Å². The molecule has 1 atom stereocenters. The molecule has 0 aliphatic carbocycles. The van der Waals surface area contributed by atoms with Crippen molar-refractivity contribution >= 4 is 0 Å². The minimum absolute atomic E-state index is 0.0274. The van der Waals surface area contributed by atoms with Crippen LogP contribution in [0.2, 0.25) is 0 Å². The van der Waals surface area contributed by atoms with Gasteiger partial charge >= 0.3 is 6.18 Å². The summed E-state index contributed by atoms with van der Waals surface area (Å²) in [6, 6.07) is 0.869. The van der Waals surface area contributed by atoms with Crippen molar-refractivity contribution in [2.24, 2.45) is 5.73 Å². The molecule has 0 aliphatic rings. The molecule has 3 N–H and O–H groups in total. The van der Waals surface area contributed by atoms with E-state index in [0.717, 1.165) is 10.7 Å². The third-order valence-corrected chi connectivity index (χ3v) is 1.82. The highest BCUT2D eigenvalue weighted by atomic mass is 19.4. The van der Waals surface area contributed by atoms with Gasteiger partial charge in [0.05, 0.1) is 18.7 Å². The van der Waals surface area contributed by atoms with Crippen LogP contribution in [0.25, 0.3) is 0 Å². The molecule has 4 nitrogen and oxygen atoms in total. The molecule has 0 amide bonds. The monoisotopic (exact) mass is 223 g/mol. The van der Waals surface area contributed by atoms with Gasteiger partial charge in [0.25, 0.3) is 0 Å². The fourth-order valence-electron chi connectivity index (χ4n) is 1.02. The molecular weight excluding hydrogens is 211 g/mol. The van der Waals surface area contributed by atoms with Gasteiger partial charge < -0.3 is 10.8 Å². The predicted molar refractivity (Wildman–Crippen MR) is 46.9 cm³/mol. The van der Waals surface area contributed by atoms with Gasteiger partial charge in [0, 0.05) is 6.20 Å². The Labute approximate surface area is 84.5 Å². The number of nitrogens with two attached hydrogens (primary N) is 1. The summed E-state index contributed by atoms with van der Waals surface area (Å²) in [5.74, 6) is 0. The topological polar surface area (TPSA) is 64.1 Å². The van der Waals surface area contributed by atoms with Gasteiger partial charge in [-0.05, 0) is 13.0 Å². The first-order valence-corrected chi connectivity index (χ1v) is 4.25. The molecule has 86 valence electrons. The molecule has 15 heavy (non-hydrogen) atoms. The number of alkyl halides is 3. The average molecular weight is 223 g/mol. The van der Waals surface area contributed by atoms with Crippen LogP contribution in [0.1, 0.15) is 12.6 Å². The van der Waals surface area contributed by atoms with E-state index in [9.17, 15) is 13.2 Å². The second-order valence-corrected chi connectivity index (χ2v) is 3.71. The second-order valence-electron chi connectivity index (χ2n) is 3.71. The molecule has 1 aromatic heterocycles. The van der Waals surface area contributed by atoms with Crippen LogP contribution in [0.5, 0.6) is 0 Å². The molecule has 0 radical (unpaired) electrons. The Morgan fingerprint density at radius 2 is 2.13 bits per heavy atom. The van der Waals surface area contributed by atoms with Crippen LogP contribution >= 0.6 is 0 Å². The predicted octanol–water partition coefficient (Wildman–Crippen LogP) is 0.612. The lowest BCUT2D eigenvalue weighted by Gasteiger charge is -2.21. The van der Waals surface area contributed by atoms with Gasteiger partial charge in [0.1, 0.15) is 0 Å². The zero-order valence-electron chi connectivity index (χ0n) is 8.12. The largest absolute Gasteiger partial charge is 0.435 e. The first kappa shape index (κ1) is 12.0. The van der Waals surface area contributed by atoms with E-state index in [0.29, 0.717) is 0 Å². The Morgan fingerprint density at radius 1 is 1.53 bits per heavy atom. The molecule has 1 unspecified atom stereocenters. The van der Waals surface area contributed by atoms with Gasteiger partial charge in [0.15, 0.2) is 5.69 Å². The van der Waals surface area contributed by atoms with Crippen molar-refractivity contribution in [1.29, 1.82) is 0 Å². The quantitative estimate of drug-likeness (QED) is 0.789. The first-order valence-electron chi connectivity index (χ1n) is 4.25. The van der Waals surface area contributed by atoms with E-state index in [4.69, 9.17) is 10.8 Å². The highest BCUT2D eigenvalue weighted by Crippen LogP contribution is 2.27. The van der Waals surface area contributed by atoms with Crippen LogP contribution in [-0.4, -0.2) is 27.0 Å². The smallest absolute Gasteiger partial charge is 0.394 e. The molecule has 1 rings (SSSR count). The number of halogens is 3. The van der Waals surface area contributed by atoms with Crippen molar-refractivity contribution in [3.05, 3.63) is 18.0 Å². The maximum atomic E-state index is 12.2. The fourth-order valence-corrected chi connectivity index (χ4v) is 1.02. The number of aromatic nitrogens is 2. The Balaban J connectivity index is 2.78. The summed E-state index contributed by atoms with van der Waals surface area (Å²) >= 11 is 0. The maximum absolute atomic E-state index is 12.2. The maximum Gasteiger partial charge on any atom is 0.435 e. The number of hydrogen-bond acceptors (Lipinski definition) is 3.